The SMILES string of the molecule is O=C(C=Cc1cccs1)N1CCN(S(=O)(=O)c2cccc([N+](=O)[O-])c2)CC1. The van der Waals surface area contributed by atoms with Crippen molar-refractivity contribution < 1.29 is 18.1 Å². The van der Waals surface area contributed by atoms with Crippen LogP contribution in [-0.2, 0) is 14.8 Å². The maximum atomic E-state index is 12.7. The fourth-order valence-corrected chi connectivity index (χ4v) is 4.78. The van der Waals surface area contributed by atoms with E-state index in [0.29, 0.717) is 0 Å². The number of non-ortho nitro benzene ring substituents is 1. The van der Waals surface area contributed by atoms with Gasteiger partial charge in [-0.3, -0.25) is 14.9 Å². The van der Waals surface area contributed by atoms with Crippen LogP contribution in [0.1, 0.15) is 4.88 Å². The highest BCUT2D eigenvalue weighted by molar-refractivity contribution is 7.89. The molecule has 1 aromatic carbocycles. The topological polar surface area (TPSA) is 101 Å². The number of nitrogens with zero attached hydrogens (tertiary/aromatic N) is 3. The van der Waals surface area contributed by atoms with Crippen molar-refractivity contribution in [1.29, 1.82) is 0 Å². The molecule has 0 bridgehead atoms. The lowest BCUT2D eigenvalue weighted by molar-refractivity contribution is -0.385. The third-order valence-electron chi connectivity index (χ3n) is 4.15. The number of sulfonamides is 1. The van der Waals surface area contributed by atoms with E-state index in [1.807, 2.05) is 17.5 Å². The molecule has 1 aromatic heterocycles. The first kappa shape index (κ1) is 19.2. The van der Waals surface area contributed by atoms with Crippen LogP contribution >= 0.6 is 11.3 Å². The molecule has 0 spiro atoms. The van der Waals surface area contributed by atoms with Crippen molar-refractivity contribution in [3.63, 3.8) is 0 Å². The van der Waals surface area contributed by atoms with Crippen LogP contribution in [0.4, 0.5) is 5.69 Å². The number of carbonyl (C=O) groups is 1. The van der Waals surface area contributed by atoms with Crippen LogP contribution in [-0.4, -0.2) is 54.6 Å². The summed E-state index contributed by atoms with van der Waals surface area (Å²) in [5.41, 5.74) is -0.274. The molecule has 1 amide bonds. The largest absolute Gasteiger partial charge is 0.337 e. The van der Waals surface area contributed by atoms with Crippen LogP contribution in [0.3, 0.4) is 0 Å². The molecule has 0 saturated carbocycles. The zero-order chi connectivity index (χ0) is 19.4. The smallest absolute Gasteiger partial charge is 0.270 e. The molecule has 2 heterocycles. The van der Waals surface area contributed by atoms with Crippen molar-refractivity contribution in [2.24, 2.45) is 0 Å². The van der Waals surface area contributed by atoms with Crippen molar-refractivity contribution in [3.8, 4) is 0 Å². The Kier molecular flexibility index (Phi) is 5.68. The first-order valence-electron chi connectivity index (χ1n) is 8.13. The normalized spacial score (nSPS) is 15.9. The molecule has 0 aliphatic carbocycles. The number of nitro groups is 1. The summed E-state index contributed by atoms with van der Waals surface area (Å²) in [5.74, 6) is -0.171. The maximum absolute atomic E-state index is 12.7. The minimum Gasteiger partial charge on any atom is -0.337 e. The van der Waals surface area contributed by atoms with E-state index in [-0.39, 0.29) is 42.7 Å². The van der Waals surface area contributed by atoms with E-state index in [2.05, 4.69) is 0 Å². The van der Waals surface area contributed by atoms with Crippen LogP contribution in [0, 0.1) is 10.1 Å². The Bertz CT molecular complexity index is 962. The molecular formula is C17H17N3O5S2. The van der Waals surface area contributed by atoms with Gasteiger partial charge in [0.1, 0.15) is 0 Å². The molecule has 0 unspecified atom stereocenters. The summed E-state index contributed by atoms with van der Waals surface area (Å²) < 4.78 is 26.7. The molecule has 0 atom stereocenters. The van der Waals surface area contributed by atoms with E-state index in [4.69, 9.17) is 0 Å². The second-order valence-electron chi connectivity index (χ2n) is 5.83. The number of thiophene rings is 1. The van der Waals surface area contributed by atoms with Gasteiger partial charge in [-0.25, -0.2) is 8.42 Å². The second-order valence-corrected chi connectivity index (χ2v) is 8.75. The maximum Gasteiger partial charge on any atom is 0.270 e. The minimum absolute atomic E-state index is 0.117. The lowest BCUT2D eigenvalue weighted by Gasteiger charge is -2.33. The number of benzene rings is 1. The van der Waals surface area contributed by atoms with E-state index in [0.717, 1.165) is 10.9 Å². The molecule has 27 heavy (non-hydrogen) atoms. The Morgan fingerprint density at radius 3 is 2.52 bits per heavy atom. The Balaban J connectivity index is 1.65. The summed E-state index contributed by atoms with van der Waals surface area (Å²) in [4.78, 5) is 24.9. The Hall–Kier alpha value is -2.56. The fraction of sp³-hybridized carbons (Fsp3) is 0.235. The highest BCUT2D eigenvalue weighted by Crippen LogP contribution is 2.22. The van der Waals surface area contributed by atoms with E-state index in [9.17, 15) is 23.3 Å². The molecule has 2 aromatic rings. The van der Waals surface area contributed by atoms with E-state index >= 15 is 0 Å². The lowest BCUT2D eigenvalue weighted by Crippen LogP contribution is -2.50. The monoisotopic (exact) mass is 407 g/mol. The highest BCUT2D eigenvalue weighted by atomic mass is 32.2. The van der Waals surface area contributed by atoms with Gasteiger partial charge in [0.15, 0.2) is 0 Å². The first-order valence-corrected chi connectivity index (χ1v) is 10.4. The molecule has 8 nitrogen and oxygen atoms in total. The van der Waals surface area contributed by atoms with E-state index in [1.54, 1.807) is 11.0 Å². The van der Waals surface area contributed by atoms with Crippen molar-refractivity contribution in [2.75, 3.05) is 26.2 Å². The molecular weight excluding hydrogens is 390 g/mol. The molecule has 1 fully saturated rings. The van der Waals surface area contributed by atoms with Gasteiger partial charge in [0.05, 0.1) is 9.82 Å². The van der Waals surface area contributed by atoms with Gasteiger partial charge in [-0.2, -0.15) is 4.31 Å². The molecule has 142 valence electrons. The molecule has 1 aliphatic rings. The minimum atomic E-state index is -3.84. The van der Waals surface area contributed by atoms with Gasteiger partial charge >= 0.3 is 0 Å². The van der Waals surface area contributed by atoms with Crippen LogP contribution in [0.5, 0.6) is 0 Å². The molecule has 1 saturated heterocycles. The number of carbonyl (C=O) groups excluding carboxylic acids is 1. The zero-order valence-corrected chi connectivity index (χ0v) is 15.9. The number of rotatable bonds is 5. The Morgan fingerprint density at radius 1 is 1.15 bits per heavy atom. The standard InChI is InChI=1S/C17H17N3O5S2/c21-17(7-6-15-4-2-12-26-15)18-8-10-19(11-9-18)27(24,25)16-5-1-3-14(13-16)20(22)23/h1-7,12-13H,8-11H2. The molecule has 0 N–H and O–H groups in total. The summed E-state index contributed by atoms with van der Waals surface area (Å²) in [6.45, 7) is 0.816. The number of amides is 1. The third-order valence-corrected chi connectivity index (χ3v) is 6.88. The van der Waals surface area contributed by atoms with Gasteiger partial charge in [0.2, 0.25) is 15.9 Å². The predicted octanol–water partition coefficient (Wildman–Crippen LogP) is 2.20. The Labute approximate surface area is 160 Å². The third kappa shape index (κ3) is 4.41. The van der Waals surface area contributed by atoms with Crippen molar-refractivity contribution in [2.45, 2.75) is 4.90 Å². The van der Waals surface area contributed by atoms with Gasteiger partial charge in [-0.05, 0) is 23.6 Å². The lowest BCUT2D eigenvalue weighted by atomic mass is 10.3. The number of hydrogen-bond donors (Lipinski definition) is 0. The molecule has 0 radical (unpaired) electrons. The number of piperazine rings is 1. The average molecular weight is 407 g/mol. The summed E-state index contributed by atoms with van der Waals surface area (Å²) in [5, 5.41) is 12.8. The van der Waals surface area contributed by atoms with Crippen LogP contribution < -0.4 is 0 Å². The number of nitro benzene ring substituents is 1. The summed E-state index contributed by atoms with van der Waals surface area (Å²) >= 11 is 1.52. The summed E-state index contributed by atoms with van der Waals surface area (Å²) in [7, 11) is -3.84. The first-order chi connectivity index (χ1) is 12.9. The van der Waals surface area contributed by atoms with Crippen molar-refractivity contribution in [1.82, 2.24) is 9.21 Å². The summed E-state index contributed by atoms with van der Waals surface area (Å²) in [6, 6.07) is 8.78. The predicted molar refractivity (Wildman–Crippen MR) is 102 cm³/mol. The molecule has 1 aliphatic heterocycles. The van der Waals surface area contributed by atoms with Crippen LogP contribution in [0.15, 0.2) is 52.7 Å². The van der Waals surface area contributed by atoms with E-state index < -0.39 is 14.9 Å². The van der Waals surface area contributed by atoms with Gasteiger partial charge in [-0.1, -0.05) is 12.1 Å². The van der Waals surface area contributed by atoms with E-state index in [1.165, 1.54) is 39.9 Å². The van der Waals surface area contributed by atoms with Crippen LogP contribution in [0.25, 0.3) is 6.08 Å². The zero-order valence-electron chi connectivity index (χ0n) is 14.2. The number of hydrogen-bond acceptors (Lipinski definition) is 6. The average Bonchev–Trinajstić information content (AvgIpc) is 3.20. The molecule has 10 heteroatoms. The van der Waals surface area contributed by atoms with Crippen molar-refractivity contribution in [3.05, 3.63) is 62.8 Å². The Morgan fingerprint density at radius 2 is 1.89 bits per heavy atom. The van der Waals surface area contributed by atoms with Gasteiger partial charge in [-0.15, -0.1) is 11.3 Å². The van der Waals surface area contributed by atoms with Gasteiger partial charge in [0.25, 0.3) is 5.69 Å². The highest BCUT2D eigenvalue weighted by Gasteiger charge is 2.30. The van der Waals surface area contributed by atoms with Crippen LogP contribution in [0.2, 0.25) is 0 Å². The molecule has 3 rings (SSSR count). The fourth-order valence-electron chi connectivity index (χ4n) is 2.70. The second kappa shape index (κ2) is 7.99. The van der Waals surface area contributed by atoms with Gasteiger partial charge < -0.3 is 4.90 Å². The summed E-state index contributed by atoms with van der Waals surface area (Å²) in [6.07, 6.45) is 3.22. The van der Waals surface area contributed by atoms with Crippen molar-refractivity contribution >= 4 is 39.0 Å². The van der Waals surface area contributed by atoms with Gasteiger partial charge in [0, 0.05) is 49.3 Å². The quantitative estimate of drug-likeness (QED) is 0.430.